The Balaban J connectivity index is 1.42. The third kappa shape index (κ3) is 5.38. The van der Waals surface area contributed by atoms with Gasteiger partial charge in [0.25, 0.3) is 0 Å². The van der Waals surface area contributed by atoms with Gasteiger partial charge in [0, 0.05) is 11.8 Å². The van der Waals surface area contributed by atoms with Gasteiger partial charge in [-0.25, -0.2) is 18.4 Å². The third-order valence-electron chi connectivity index (χ3n) is 4.89. The van der Waals surface area contributed by atoms with Crippen molar-refractivity contribution in [3.05, 3.63) is 86.8 Å². The number of aromatic nitrogens is 2. The maximum absolute atomic E-state index is 12.7. The summed E-state index contributed by atoms with van der Waals surface area (Å²) in [6.07, 6.45) is 0.501. The zero-order chi connectivity index (χ0) is 22.7. The molecule has 8 heteroatoms. The number of aryl methyl sites for hydroxylation is 2. The summed E-state index contributed by atoms with van der Waals surface area (Å²) in [7, 11) is -3.43. The van der Waals surface area contributed by atoms with Crippen LogP contribution >= 0.6 is 22.7 Å². The second kappa shape index (κ2) is 9.44. The second-order valence-electron chi connectivity index (χ2n) is 7.56. The highest BCUT2D eigenvalue weighted by Gasteiger charge is 2.16. The second-order valence-corrected chi connectivity index (χ2v) is 11.7. The minimum Gasteiger partial charge on any atom is -0.299 e. The molecule has 0 aliphatic rings. The number of carbonyl (C=O) groups excluding carboxylic acids is 1. The Labute approximate surface area is 195 Å². The van der Waals surface area contributed by atoms with E-state index in [1.807, 2.05) is 25.3 Å². The molecule has 0 N–H and O–H groups in total. The SMILES string of the molecule is Cc1nc(C)c(-c2csc(CC(=O)Cc3cccc(CS(=O)(=O)c4ccccc4)c3)n2)s1. The first-order chi connectivity index (χ1) is 15.3. The Morgan fingerprint density at radius 1 is 0.938 bits per heavy atom. The van der Waals surface area contributed by atoms with Crippen molar-refractivity contribution in [3.8, 4) is 10.6 Å². The van der Waals surface area contributed by atoms with Crippen molar-refractivity contribution < 1.29 is 13.2 Å². The lowest BCUT2D eigenvalue weighted by Gasteiger charge is -2.07. The Morgan fingerprint density at radius 2 is 1.69 bits per heavy atom. The first-order valence-corrected chi connectivity index (χ1v) is 13.4. The van der Waals surface area contributed by atoms with Crippen LogP contribution in [0.1, 0.15) is 26.8 Å². The van der Waals surface area contributed by atoms with Gasteiger partial charge < -0.3 is 0 Å². The molecule has 5 nitrogen and oxygen atoms in total. The van der Waals surface area contributed by atoms with E-state index in [0.29, 0.717) is 10.5 Å². The maximum atomic E-state index is 12.7. The van der Waals surface area contributed by atoms with Crippen molar-refractivity contribution in [3.63, 3.8) is 0 Å². The van der Waals surface area contributed by atoms with Crippen molar-refractivity contribution in [2.45, 2.75) is 37.3 Å². The number of carbonyl (C=O) groups is 1. The zero-order valence-corrected chi connectivity index (χ0v) is 20.2. The molecule has 0 spiro atoms. The number of ketones is 1. The van der Waals surface area contributed by atoms with Gasteiger partial charge in [-0.1, -0.05) is 42.5 Å². The molecule has 4 rings (SSSR count). The quantitative estimate of drug-likeness (QED) is 0.344. The Kier molecular flexibility index (Phi) is 6.64. The molecular formula is C24H22N2O3S3. The normalized spacial score (nSPS) is 11.6. The molecule has 2 aromatic heterocycles. The molecule has 0 fully saturated rings. The van der Waals surface area contributed by atoms with Crippen molar-refractivity contribution in [2.75, 3.05) is 0 Å². The number of thiazole rings is 2. The van der Waals surface area contributed by atoms with Crippen molar-refractivity contribution >= 4 is 38.3 Å². The van der Waals surface area contributed by atoms with Gasteiger partial charge in [-0.05, 0) is 37.1 Å². The zero-order valence-electron chi connectivity index (χ0n) is 17.7. The lowest BCUT2D eigenvalue weighted by atomic mass is 10.1. The summed E-state index contributed by atoms with van der Waals surface area (Å²) in [6, 6.07) is 15.6. The Hall–Kier alpha value is -2.68. The van der Waals surface area contributed by atoms with Gasteiger partial charge >= 0.3 is 0 Å². The number of nitrogens with zero attached hydrogens (tertiary/aromatic N) is 2. The number of benzene rings is 2. The maximum Gasteiger partial charge on any atom is 0.182 e. The third-order valence-corrected chi connectivity index (χ3v) is 8.54. The first-order valence-electron chi connectivity index (χ1n) is 10.1. The highest BCUT2D eigenvalue weighted by molar-refractivity contribution is 7.90. The number of rotatable bonds is 8. The van der Waals surface area contributed by atoms with Crippen LogP contribution in [-0.2, 0) is 33.2 Å². The van der Waals surface area contributed by atoms with Crippen LogP contribution in [-0.4, -0.2) is 24.2 Å². The van der Waals surface area contributed by atoms with Crippen molar-refractivity contribution in [1.29, 1.82) is 0 Å². The fourth-order valence-corrected chi connectivity index (χ4v) is 6.61. The van der Waals surface area contributed by atoms with Gasteiger partial charge in [0.2, 0.25) is 0 Å². The summed E-state index contributed by atoms with van der Waals surface area (Å²) < 4.78 is 25.3. The molecule has 0 radical (unpaired) electrons. The predicted octanol–water partition coefficient (Wildman–Crippen LogP) is 5.21. The van der Waals surface area contributed by atoms with Gasteiger partial charge in [-0.15, -0.1) is 22.7 Å². The summed E-state index contributed by atoms with van der Waals surface area (Å²) in [5, 5.41) is 3.74. The summed E-state index contributed by atoms with van der Waals surface area (Å²) in [5.74, 6) is -0.0474. The van der Waals surface area contributed by atoms with E-state index in [0.717, 1.165) is 31.8 Å². The van der Waals surface area contributed by atoms with Gasteiger partial charge in [-0.2, -0.15) is 0 Å². The first kappa shape index (κ1) is 22.5. The molecule has 2 heterocycles. The van der Waals surface area contributed by atoms with Crippen LogP contribution in [0.5, 0.6) is 0 Å². The van der Waals surface area contributed by atoms with E-state index < -0.39 is 9.84 Å². The van der Waals surface area contributed by atoms with Gasteiger partial charge in [0.05, 0.1) is 38.3 Å². The molecule has 0 saturated carbocycles. The number of Topliss-reactive ketones (excluding diaryl/α,β-unsaturated/α-hetero) is 1. The summed E-state index contributed by atoms with van der Waals surface area (Å²) in [5.41, 5.74) is 3.31. The minimum absolute atomic E-state index is 0.0474. The van der Waals surface area contributed by atoms with E-state index >= 15 is 0 Å². The van der Waals surface area contributed by atoms with Crippen LogP contribution < -0.4 is 0 Å². The molecule has 32 heavy (non-hydrogen) atoms. The number of hydrogen-bond acceptors (Lipinski definition) is 7. The fraction of sp³-hybridized carbons (Fsp3) is 0.208. The summed E-state index contributed by atoms with van der Waals surface area (Å²) >= 11 is 3.08. The van der Waals surface area contributed by atoms with Crippen LogP contribution in [0.15, 0.2) is 64.9 Å². The topological polar surface area (TPSA) is 77.0 Å². The van der Waals surface area contributed by atoms with Crippen LogP contribution in [0.4, 0.5) is 0 Å². The summed E-state index contributed by atoms with van der Waals surface area (Å²) in [4.78, 5) is 23.1. The smallest absolute Gasteiger partial charge is 0.182 e. The molecule has 0 aliphatic heterocycles. The highest BCUT2D eigenvalue weighted by Crippen LogP contribution is 2.30. The van der Waals surface area contributed by atoms with Crippen LogP contribution in [0.25, 0.3) is 10.6 Å². The molecular weight excluding hydrogens is 460 g/mol. The minimum atomic E-state index is -3.43. The predicted molar refractivity (Wildman–Crippen MR) is 129 cm³/mol. The Bertz CT molecular complexity index is 1360. The van der Waals surface area contributed by atoms with E-state index in [-0.39, 0.29) is 24.4 Å². The summed E-state index contributed by atoms with van der Waals surface area (Å²) in [6.45, 7) is 3.94. The molecule has 0 unspecified atom stereocenters. The van der Waals surface area contributed by atoms with E-state index in [1.165, 1.54) is 11.3 Å². The van der Waals surface area contributed by atoms with Crippen LogP contribution in [0.3, 0.4) is 0 Å². The molecule has 2 aromatic carbocycles. The molecule has 0 amide bonds. The molecule has 4 aromatic rings. The van der Waals surface area contributed by atoms with Crippen molar-refractivity contribution in [2.24, 2.45) is 0 Å². The Morgan fingerprint density at radius 3 is 2.41 bits per heavy atom. The number of sulfone groups is 1. The highest BCUT2D eigenvalue weighted by atomic mass is 32.2. The monoisotopic (exact) mass is 482 g/mol. The van der Waals surface area contributed by atoms with Gasteiger partial charge in [0.1, 0.15) is 10.8 Å². The number of hydrogen-bond donors (Lipinski definition) is 0. The fourth-order valence-electron chi connectivity index (χ4n) is 3.48. The average molecular weight is 483 g/mol. The van der Waals surface area contributed by atoms with E-state index in [9.17, 15) is 13.2 Å². The van der Waals surface area contributed by atoms with Crippen molar-refractivity contribution in [1.82, 2.24) is 9.97 Å². The van der Waals surface area contributed by atoms with E-state index in [4.69, 9.17) is 0 Å². The lowest BCUT2D eigenvalue weighted by molar-refractivity contribution is -0.117. The standard InChI is InChI=1S/C24H22N2O3S3/c1-16-24(31-17(2)25-16)22-14-30-23(26-22)13-20(27)12-18-7-6-8-19(11-18)15-32(28,29)21-9-4-3-5-10-21/h3-11,14H,12-13,15H2,1-2H3. The van der Waals surface area contributed by atoms with Gasteiger partial charge in [-0.3, -0.25) is 4.79 Å². The molecule has 0 bridgehead atoms. The van der Waals surface area contributed by atoms with E-state index in [1.54, 1.807) is 59.9 Å². The molecule has 0 aliphatic carbocycles. The molecule has 0 saturated heterocycles. The van der Waals surface area contributed by atoms with Crippen LogP contribution in [0, 0.1) is 13.8 Å². The van der Waals surface area contributed by atoms with Gasteiger partial charge in [0.15, 0.2) is 9.84 Å². The molecule has 164 valence electrons. The van der Waals surface area contributed by atoms with E-state index in [2.05, 4.69) is 9.97 Å². The van der Waals surface area contributed by atoms with Crippen LogP contribution in [0.2, 0.25) is 0 Å². The lowest BCUT2D eigenvalue weighted by Crippen LogP contribution is -2.08. The molecule has 0 atom stereocenters. The largest absolute Gasteiger partial charge is 0.299 e. The average Bonchev–Trinajstić information content (AvgIpc) is 3.33.